The highest BCUT2D eigenvalue weighted by molar-refractivity contribution is 8.13. The number of amides is 1. The predicted molar refractivity (Wildman–Crippen MR) is 89.7 cm³/mol. The molecule has 1 N–H and O–H groups in total. The molecule has 2 aliphatic heterocycles. The number of nitrogens with one attached hydrogen (secondary N) is 1. The SMILES string of the molecule is CSC1=NN2C(=c3ccccc3=N[C@H]2c2ccc([N+](=O)[O-])o2)C(=O)N1. The Kier molecular flexibility index (Phi) is 3.53. The Morgan fingerprint density at radius 2 is 2.12 bits per heavy atom. The maximum atomic E-state index is 12.6. The maximum Gasteiger partial charge on any atom is 0.433 e. The van der Waals surface area contributed by atoms with Gasteiger partial charge in [-0.2, -0.15) is 0 Å². The molecular formula is C15H11N5O4S. The van der Waals surface area contributed by atoms with Crippen molar-refractivity contribution in [2.24, 2.45) is 10.1 Å². The molecule has 2 aliphatic rings. The summed E-state index contributed by atoms with van der Waals surface area (Å²) in [6.07, 6.45) is 0.984. The number of nitro groups is 1. The second-order valence-electron chi connectivity index (χ2n) is 5.21. The summed E-state index contributed by atoms with van der Waals surface area (Å²) in [5.41, 5.74) is 0.326. The lowest BCUT2D eigenvalue weighted by Crippen LogP contribution is -2.50. The van der Waals surface area contributed by atoms with Gasteiger partial charge in [-0.25, -0.2) is 10.0 Å². The number of carbonyl (C=O) groups excluding carboxylic acids is 1. The zero-order chi connectivity index (χ0) is 17.6. The molecule has 25 heavy (non-hydrogen) atoms. The van der Waals surface area contributed by atoms with Crippen molar-refractivity contribution in [2.45, 2.75) is 6.17 Å². The Bertz CT molecular complexity index is 1040. The first-order valence-electron chi connectivity index (χ1n) is 7.23. The molecule has 1 aromatic heterocycles. The standard InChI is InChI=1S/C15H11N5O4S/c1-25-15-17-14(21)12-8-4-2-3-5-9(8)16-13(19(12)18-15)10-6-7-11(24-10)20(22)23/h2-7,13H,1H3,(H,17,18,21)/t13-/m1/s1. The van der Waals surface area contributed by atoms with Crippen LogP contribution in [0.15, 0.2) is 50.9 Å². The van der Waals surface area contributed by atoms with Crippen LogP contribution in [0.3, 0.4) is 0 Å². The topological polar surface area (TPSA) is 113 Å². The van der Waals surface area contributed by atoms with E-state index in [0.29, 0.717) is 21.4 Å². The van der Waals surface area contributed by atoms with E-state index in [0.717, 1.165) is 0 Å². The highest BCUT2D eigenvalue weighted by atomic mass is 32.2. The summed E-state index contributed by atoms with van der Waals surface area (Å²) in [4.78, 5) is 27.4. The average molecular weight is 357 g/mol. The van der Waals surface area contributed by atoms with Crippen LogP contribution in [0.4, 0.5) is 5.88 Å². The van der Waals surface area contributed by atoms with Gasteiger partial charge < -0.3 is 4.42 Å². The van der Waals surface area contributed by atoms with Gasteiger partial charge in [0, 0.05) is 5.22 Å². The van der Waals surface area contributed by atoms with E-state index in [1.54, 1.807) is 30.5 Å². The number of carbonyl (C=O) groups is 1. The number of nitrogens with zero attached hydrogens (tertiary/aromatic N) is 4. The minimum Gasteiger partial charge on any atom is -0.401 e. The summed E-state index contributed by atoms with van der Waals surface area (Å²) in [6.45, 7) is 0. The second kappa shape index (κ2) is 5.74. The van der Waals surface area contributed by atoms with Gasteiger partial charge in [-0.15, -0.1) is 5.10 Å². The molecule has 0 radical (unpaired) electrons. The van der Waals surface area contributed by atoms with Crippen molar-refractivity contribution in [3.63, 3.8) is 0 Å². The fraction of sp³-hybridized carbons (Fsp3) is 0.133. The lowest BCUT2D eigenvalue weighted by atomic mass is 10.1. The van der Waals surface area contributed by atoms with Crippen LogP contribution < -0.4 is 15.9 Å². The Morgan fingerprint density at radius 3 is 2.84 bits per heavy atom. The van der Waals surface area contributed by atoms with E-state index in [1.165, 1.54) is 28.9 Å². The highest BCUT2D eigenvalue weighted by Gasteiger charge is 2.36. The van der Waals surface area contributed by atoms with Gasteiger partial charge in [0.15, 0.2) is 10.9 Å². The average Bonchev–Trinajstić information content (AvgIpc) is 3.10. The van der Waals surface area contributed by atoms with Gasteiger partial charge in [-0.3, -0.25) is 20.2 Å². The van der Waals surface area contributed by atoms with E-state index < -0.39 is 11.1 Å². The molecule has 126 valence electrons. The first-order valence-corrected chi connectivity index (χ1v) is 8.45. The van der Waals surface area contributed by atoms with E-state index in [-0.39, 0.29) is 17.6 Å². The van der Waals surface area contributed by atoms with E-state index in [1.807, 2.05) is 0 Å². The van der Waals surface area contributed by atoms with Crippen LogP contribution in [0.1, 0.15) is 11.9 Å². The molecule has 9 nitrogen and oxygen atoms in total. The van der Waals surface area contributed by atoms with Crippen molar-refractivity contribution in [1.29, 1.82) is 0 Å². The number of fused-ring (bicyclic) bond motifs is 2. The normalized spacial score (nSPS) is 18.7. The molecule has 4 rings (SSSR count). The van der Waals surface area contributed by atoms with E-state index >= 15 is 0 Å². The van der Waals surface area contributed by atoms with Gasteiger partial charge in [-0.05, 0) is 18.4 Å². The third-order valence-corrected chi connectivity index (χ3v) is 4.33. The van der Waals surface area contributed by atoms with E-state index in [4.69, 9.17) is 4.42 Å². The molecule has 3 heterocycles. The van der Waals surface area contributed by atoms with Crippen molar-refractivity contribution >= 4 is 34.4 Å². The Labute approximate surface area is 144 Å². The Hall–Kier alpha value is -3.14. The van der Waals surface area contributed by atoms with Gasteiger partial charge in [0.1, 0.15) is 10.6 Å². The zero-order valence-electron chi connectivity index (χ0n) is 12.9. The lowest BCUT2D eigenvalue weighted by molar-refractivity contribution is -0.402. The number of benzene rings is 1. The first kappa shape index (κ1) is 15.4. The number of hydrogen-bond donors (Lipinski definition) is 1. The number of hydrazone groups is 1. The van der Waals surface area contributed by atoms with E-state index in [2.05, 4.69) is 15.4 Å². The summed E-state index contributed by atoms with van der Waals surface area (Å²) in [5, 5.41) is 21.1. The Morgan fingerprint density at radius 1 is 1.32 bits per heavy atom. The first-order chi connectivity index (χ1) is 12.1. The second-order valence-corrected chi connectivity index (χ2v) is 6.00. The maximum absolute atomic E-state index is 12.6. The molecule has 0 bridgehead atoms. The number of para-hydroxylation sites is 1. The number of thioether (sulfide) groups is 1. The number of rotatable bonds is 2. The third-order valence-electron chi connectivity index (χ3n) is 3.76. The summed E-state index contributed by atoms with van der Waals surface area (Å²) in [7, 11) is 0. The van der Waals surface area contributed by atoms with Crippen LogP contribution in [-0.2, 0) is 4.79 Å². The minimum absolute atomic E-state index is 0.234. The smallest absolute Gasteiger partial charge is 0.401 e. The van der Waals surface area contributed by atoms with Crippen LogP contribution in [0.25, 0.3) is 5.70 Å². The molecule has 0 saturated heterocycles. The highest BCUT2D eigenvalue weighted by Crippen LogP contribution is 2.32. The van der Waals surface area contributed by atoms with Gasteiger partial charge >= 0.3 is 5.88 Å². The molecule has 0 spiro atoms. The fourth-order valence-corrected chi connectivity index (χ4v) is 3.05. The minimum atomic E-state index is -0.799. The van der Waals surface area contributed by atoms with Crippen molar-refractivity contribution in [3.8, 4) is 0 Å². The van der Waals surface area contributed by atoms with Crippen LogP contribution in [0, 0.1) is 10.1 Å². The Balaban J connectivity index is 1.95. The molecule has 1 atom stereocenters. The molecular weight excluding hydrogens is 346 g/mol. The van der Waals surface area contributed by atoms with Crippen molar-refractivity contribution in [3.05, 3.63) is 62.8 Å². The summed E-state index contributed by atoms with van der Waals surface area (Å²) >= 11 is 1.28. The van der Waals surface area contributed by atoms with Crippen LogP contribution in [0.5, 0.6) is 0 Å². The molecule has 10 heteroatoms. The summed E-state index contributed by atoms with van der Waals surface area (Å²) < 4.78 is 5.30. The largest absolute Gasteiger partial charge is 0.433 e. The molecule has 0 aliphatic carbocycles. The van der Waals surface area contributed by atoms with Crippen molar-refractivity contribution in [1.82, 2.24) is 10.3 Å². The van der Waals surface area contributed by atoms with Gasteiger partial charge in [0.2, 0.25) is 6.17 Å². The van der Waals surface area contributed by atoms with Crippen LogP contribution in [0.2, 0.25) is 0 Å². The van der Waals surface area contributed by atoms with E-state index in [9.17, 15) is 14.9 Å². The molecule has 2 aromatic rings. The van der Waals surface area contributed by atoms with Crippen LogP contribution in [-0.4, -0.2) is 27.3 Å². The molecule has 1 aromatic carbocycles. The fourth-order valence-electron chi connectivity index (χ4n) is 2.68. The molecule has 1 amide bonds. The number of hydrogen-bond acceptors (Lipinski definition) is 8. The zero-order valence-corrected chi connectivity index (χ0v) is 13.7. The number of amidine groups is 1. The quantitative estimate of drug-likeness (QED) is 0.625. The molecule has 0 fully saturated rings. The lowest BCUT2D eigenvalue weighted by Gasteiger charge is -2.32. The van der Waals surface area contributed by atoms with Crippen molar-refractivity contribution < 1.29 is 14.1 Å². The summed E-state index contributed by atoms with van der Waals surface area (Å²) in [5.74, 6) is -0.466. The van der Waals surface area contributed by atoms with Gasteiger partial charge in [0.25, 0.3) is 5.91 Å². The third kappa shape index (κ3) is 2.47. The number of furan rings is 1. The van der Waals surface area contributed by atoms with Crippen molar-refractivity contribution in [2.75, 3.05) is 6.26 Å². The predicted octanol–water partition coefficient (Wildman–Crippen LogP) is 0.694. The molecule has 0 unspecified atom stereocenters. The van der Waals surface area contributed by atoms with Gasteiger partial charge in [0.05, 0.1) is 11.4 Å². The van der Waals surface area contributed by atoms with Crippen LogP contribution >= 0.6 is 11.8 Å². The monoisotopic (exact) mass is 357 g/mol. The summed E-state index contributed by atoms with van der Waals surface area (Å²) in [6, 6.07) is 9.88. The molecule has 0 saturated carbocycles. The van der Waals surface area contributed by atoms with Gasteiger partial charge in [-0.1, -0.05) is 30.0 Å².